The third-order valence-corrected chi connectivity index (χ3v) is 3.81. The second-order valence-electron chi connectivity index (χ2n) is 5.22. The van der Waals surface area contributed by atoms with Gasteiger partial charge in [0.15, 0.2) is 0 Å². The molecule has 0 bridgehead atoms. The fraction of sp³-hybridized carbons (Fsp3) is 0.100. The summed E-state index contributed by atoms with van der Waals surface area (Å²) in [5.74, 6) is -0.579. The molecule has 0 spiro atoms. The SMILES string of the molecule is CCc1cc(F)ccc1-c1ccc(-c2ccccc2)cc1F. The van der Waals surface area contributed by atoms with Crippen LogP contribution in [0.3, 0.4) is 0 Å². The van der Waals surface area contributed by atoms with Gasteiger partial charge in [-0.3, -0.25) is 0 Å². The Morgan fingerprint density at radius 3 is 2.14 bits per heavy atom. The summed E-state index contributed by atoms with van der Waals surface area (Å²) in [5.41, 5.74) is 3.88. The first-order chi connectivity index (χ1) is 10.7. The molecule has 0 N–H and O–H groups in total. The maximum atomic E-state index is 14.5. The van der Waals surface area contributed by atoms with Crippen molar-refractivity contribution in [2.75, 3.05) is 0 Å². The number of hydrogen-bond acceptors (Lipinski definition) is 0. The van der Waals surface area contributed by atoms with Gasteiger partial charge in [-0.25, -0.2) is 8.78 Å². The summed E-state index contributed by atoms with van der Waals surface area (Å²) in [6.45, 7) is 1.94. The molecule has 3 aromatic rings. The third-order valence-electron chi connectivity index (χ3n) is 3.81. The van der Waals surface area contributed by atoms with Crippen molar-refractivity contribution in [1.29, 1.82) is 0 Å². The Balaban J connectivity index is 2.07. The lowest BCUT2D eigenvalue weighted by Gasteiger charge is -2.11. The minimum Gasteiger partial charge on any atom is -0.207 e. The fourth-order valence-electron chi connectivity index (χ4n) is 2.66. The zero-order valence-electron chi connectivity index (χ0n) is 12.3. The molecular formula is C20H16F2. The van der Waals surface area contributed by atoms with Crippen molar-refractivity contribution < 1.29 is 8.78 Å². The molecule has 3 aromatic carbocycles. The standard InChI is InChI=1S/C20H16F2/c1-2-14-12-17(21)9-11-18(14)19-10-8-16(13-20(19)22)15-6-4-3-5-7-15/h3-13H,2H2,1H3. The lowest BCUT2D eigenvalue weighted by atomic mass is 9.95. The van der Waals surface area contributed by atoms with Crippen LogP contribution >= 0.6 is 0 Å². The Bertz CT molecular complexity index is 792. The van der Waals surface area contributed by atoms with Crippen molar-refractivity contribution in [2.24, 2.45) is 0 Å². The van der Waals surface area contributed by atoms with Crippen LogP contribution in [0.25, 0.3) is 22.3 Å². The summed E-state index contributed by atoms with van der Waals surface area (Å²) in [5, 5.41) is 0. The molecule has 110 valence electrons. The van der Waals surface area contributed by atoms with Crippen LogP contribution in [0.2, 0.25) is 0 Å². The normalized spacial score (nSPS) is 10.7. The summed E-state index contributed by atoms with van der Waals surface area (Å²) in [7, 11) is 0. The summed E-state index contributed by atoms with van der Waals surface area (Å²) in [6, 6.07) is 19.4. The molecule has 0 nitrogen and oxygen atoms in total. The predicted octanol–water partition coefficient (Wildman–Crippen LogP) is 5.86. The Morgan fingerprint density at radius 1 is 0.727 bits per heavy atom. The average Bonchev–Trinajstić information content (AvgIpc) is 2.56. The van der Waals surface area contributed by atoms with Gasteiger partial charge in [-0.2, -0.15) is 0 Å². The molecule has 0 amide bonds. The molecule has 0 saturated carbocycles. The van der Waals surface area contributed by atoms with Crippen molar-refractivity contribution >= 4 is 0 Å². The molecule has 0 aromatic heterocycles. The first-order valence-corrected chi connectivity index (χ1v) is 7.33. The maximum absolute atomic E-state index is 14.5. The summed E-state index contributed by atoms with van der Waals surface area (Å²) >= 11 is 0. The molecule has 0 unspecified atom stereocenters. The van der Waals surface area contributed by atoms with Gasteiger partial charge < -0.3 is 0 Å². The van der Waals surface area contributed by atoms with Gasteiger partial charge in [-0.1, -0.05) is 55.5 Å². The number of halogens is 2. The van der Waals surface area contributed by atoms with E-state index < -0.39 is 0 Å². The van der Waals surface area contributed by atoms with E-state index in [0.717, 1.165) is 22.3 Å². The van der Waals surface area contributed by atoms with Gasteiger partial charge in [0.25, 0.3) is 0 Å². The molecular weight excluding hydrogens is 278 g/mol. The molecule has 0 atom stereocenters. The number of rotatable bonds is 3. The Hall–Kier alpha value is -2.48. The molecule has 0 heterocycles. The number of hydrogen-bond donors (Lipinski definition) is 0. The van der Waals surface area contributed by atoms with Gasteiger partial charge in [0, 0.05) is 5.56 Å². The van der Waals surface area contributed by atoms with E-state index in [4.69, 9.17) is 0 Å². The van der Waals surface area contributed by atoms with E-state index in [9.17, 15) is 8.78 Å². The fourth-order valence-corrected chi connectivity index (χ4v) is 2.66. The van der Waals surface area contributed by atoms with Gasteiger partial charge in [-0.15, -0.1) is 0 Å². The van der Waals surface area contributed by atoms with Crippen molar-refractivity contribution in [3.63, 3.8) is 0 Å². The lowest BCUT2D eigenvalue weighted by Crippen LogP contribution is -1.93. The lowest BCUT2D eigenvalue weighted by molar-refractivity contribution is 0.623. The van der Waals surface area contributed by atoms with E-state index >= 15 is 0 Å². The first-order valence-electron chi connectivity index (χ1n) is 7.33. The molecule has 0 fully saturated rings. The Kier molecular flexibility index (Phi) is 4.01. The van der Waals surface area contributed by atoms with Crippen LogP contribution in [0.15, 0.2) is 66.7 Å². The van der Waals surface area contributed by atoms with E-state index in [1.165, 1.54) is 18.2 Å². The highest BCUT2D eigenvalue weighted by atomic mass is 19.1. The maximum Gasteiger partial charge on any atom is 0.131 e. The van der Waals surface area contributed by atoms with Gasteiger partial charge >= 0.3 is 0 Å². The van der Waals surface area contributed by atoms with Crippen LogP contribution in [-0.2, 0) is 6.42 Å². The molecule has 0 saturated heterocycles. The van der Waals surface area contributed by atoms with Crippen LogP contribution in [-0.4, -0.2) is 0 Å². The molecule has 0 aliphatic heterocycles. The zero-order chi connectivity index (χ0) is 15.5. The number of aryl methyl sites for hydroxylation is 1. The molecule has 0 radical (unpaired) electrons. The first kappa shape index (κ1) is 14.5. The van der Waals surface area contributed by atoms with E-state index in [2.05, 4.69) is 0 Å². The van der Waals surface area contributed by atoms with Gasteiger partial charge in [-0.05, 0) is 46.9 Å². The van der Waals surface area contributed by atoms with Crippen molar-refractivity contribution in [2.45, 2.75) is 13.3 Å². The average molecular weight is 294 g/mol. The van der Waals surface area contributed by atoms with Crippen molar-refractivity contribution in [1.82, 2.24) is 0 Å². The quantitative estimate of drug-likeness (QED) is 0.567. The van der Waals surface area contributed by atoms with Gasteiger partial charge in [0.05, 0.1) is 0 Å². The van der Waals surface area contributed by atoms with Crippen LogP contribution < -0.4 is 0 Å². The highest BCUT2D eigenvalue weighted by Crippen LogP contribution is 2.30. The highest BCUT2D eigenvalue weighted by molar-refractivity contribution is 5.73. The molecule has 0 aliphatic rings. The van der Waals surface area contributed by atoms with Crippen LogP contribution in [0.4, 0.5) is 8.78 Å². The Morgan fingerprint density at radius 2 is 1.45 bits per heavy atom. The predicted molar refractivity (Wildman–Crippen MR) is 86.6 cm³/mol. The van der Waals surface area contributed by atoms with E-state index in [1.807, 2.05) is 43.3 Å². The Labute approximate surface area is 129 Å². The monoisotopic (exact) mass is 294 g/mol. The number of benzene rings is 3. The minimum atomic E-state index is -0.290. The smallest absolute Gasteiger partial charge is 0.131 e. The zero-order valence-corrected chi connectivity index (χ0v) is 12.3. The second kappa shape index (κ2) is 6.10. The van der Waals surface area contributed by atoms with Crippen molar-refractivity contribution in [3.05, 3.63) is 83.9 Å². The topological polar surface area (TPSA) is 0 Å². The van der Waals surface area contributed by atoms with Gasteiger partial charge in [0.1, 0.15) is 11.6 Å². The second-order valence-corrected chi connectivity index (χ2v) is 5.22. The molecule has 2 heteroatoms. The third kappa shape index (κ3) is 2.77. The van der Waals surface area contributed by atoms with E-state index in [0.29, 0.717) is 12.0 Å². The molecule has 0 aliphatic carbocycles. The van der Waals surface area contributed by atoms with Crippen LogP contribution in [0.5, 0.6) is 0 Å². The van der Waals surface area contributed by atoms with E-state index in [-0.39, 0.29) is 11.6 Å². The largest absolute Gasteiger partial charge is 0.207 e. The van der Waals surface area contributed by atoms with Crippen molar-refractivity contribution in [3.8, 4) is 22.3 Å². The van der Waals surface area contributed by atoms with Gasteiger partial charge in [0.2, 0.25) is 0 Å². The minimum absolute atomic E-state index is 0.289. The summed E-state index contributed by atoms with van der Waals surface area (Å²) < 4.78 is 27.9. The van der Waals surface area contributed by atoms with Crippen LogP contribution in [0.1, 0.15) is 12.5 Å². The highest BCUT2D eigenvalue weighted by Gasteiger charge is 2.11. The van der Waals surface area contributed by atoms with E-state index in [1.54, 1.807) is 12.1 Å². The summed E-state index contributed by atoms with van der Waals surface area (Å²) in [4.78, 5) is 0. The molecule has 3 rings (SSSR count). The van der Waals surface area contributed by atoms with Crippen LogP contribution in [0, 0.1) is 11.6 Å². The molecule has 22 heavy (non-hydrogen) atoms. The summed E-state index contributed by atoms with van der Waals surface area (Å²) in [6.07, 6.45) is 0.660.